The minimum atomic E-state index is -0.273. The number of methoxy groups -OCH3 is 2. The van der Waals surface area contributed by atoms with Crippen LogP contribution in [0.15, 0.2) is 65.1 Å². The van der Waals surface area contributed by atoms with Crippen molar-refractivity contribution in [2.45, 2.75) is 0 Å². The molecule has 0 bridgehead atoms. The first kappa shape index (κ1) is 18.9. The number of rotatable bonds is 5. The molecule has 0 atom stereocenters. The van der Waals surface area contributed by atoms with Crippen molar-refractivity contribution in [3.63, 3.8) is 0 Å². The Morgan fingerprint density at radius 2 is 1.69 bits per heavy atom. The molecule has 0 fully saturated rings. The van der Waals surface area contributed by atoms with Crippen LogP contribution in [0.1, 0.15) is 10.4 Å². The fraction of sp³-hybridized carbons (Fsp3) is 0.0952. The Morgan fingerprint density at radius 1 is 0.931 bits per heavy atom. The zero-order valence-corrected chi connectivity index (χ0v) is 17.3. The van der Waals surface area contributed by atoms with Gasteiger partial charge in [-0.2, -0.15) is 4.80 Å². The van der Waals surface area contributed by atoms with Gasteiger partial charge in [0.05, 0.1) is 25.5 Å². The Kier molecular flexibility index (Phi) is 5.18. The van der Waals surface area contributed by atoms with Crippen molar-refractivity contribution in [3.8, 4) is 17.2 Å². The van der Waals surface area contributed by atoms with Crippen molar-refractivity contribution in [2.24, 2.45) is 0 Å². The zero-order valence-electron chi connectivity index (χ0n) is 15.7. The summed E-state index contributed by atoms with van der Waals surface area (Å²) < 4.78 is 11.2. The van der Waals surface area contributed by atoms with Crippen LogP contribution >= 0.6 is 15.9 Å². The molecule has 4 aromatic rings. The average molecular weight is 453 g/mol. The third kappa shape index (κ3) is 3.93. The first-order valence-corrected chi connectivity index (χ1v) is 9.53. The Morgan fingerprint density at radius 3 is 2.41 bits per heavy atom. The fourth-order valence-electron chi connectivity index (χ4n) is 2.88. The van der Waals surface area contributed by atoms with E-state index in [4.69, 9.17) is 9.47 Å². The van der Waals surface area contributed by atoms with Gasteiger partial charge in [0, 0.05) is 10.2 Å². The molecule has 4 rings (SSSR count). The number of hydrogen-bond donors (Lipinski definition) is 1. The van der Waals surface area contributed by atoms with E-state index in [1.165, 1.54) is 7.11 Å². The van der Waals surface area contributed by atoms with Crippen LogP contribution < -0.4 is 14.8 Å². The van der Waals surface area contributed by atoms with Crippen LogP contribution in [0.5, 0.6) is 11.5 Å². The topological polar surface area (TPSA) is 78.3 Å². The molecule has 1 amide bonds. The maximum absolute atomic E-state index is 12.7. The predicted octanol–water partition coefficient (Wildman–Crippen LogP) is 4.45. The summed E-state index contributed by atoms with van der Waals surface area (Å²) in [5.41, 5.74) is 3.25. The van der Waals surface area contributed by atoms with E-state index < -0.39 is 0 Å². The van der Waals surface area contributed by atoms with Gasteiger partial charge < -0.3 is 14.8 Å². The second-order valence-electron chi connectivity index (χ2n) is 6.19. The summed E-state index contributed by atoms with van der Waals surface area (Å²) in [7, 11) is 3.15. The molecule has 1 N–H and O–H groups in total. The molecule has 0 aliphatic rings. The van der Waals surface area contributed by atoms with E-state index in [1.807, 2.05) is 36.4 Å². The predicted molar refractivity (Wildman–Crippen MR) is 114 cm³/mol. The van der Waals surface area contributed by atoms with Crippen molar-refractivity contribution >= 4 is 38.6 Å². The molecule has 3 aromatic carbocycles. The first-order chi connectivity index (χ1) is 14.1. The molecule has 7 nitrogen and oxygen atoms in total. The van der Waals surface area contributed by atoms with Gasteiger partial charge in [0.15, 0.2) is 0 Å². The van der Waals surface area contributed by atoms with Crippen molar-refractivity contribution in [1.82, 2.24) is 15.0 Å². The lowest BCUT2D eigenvalue weighted by Crippen LogP contribution is -2.13. The first-order valence-electron chi connectivity index (χ1n) is 8.74. The molecular weight excluding hydrogens is 436 g/mol. The number of fused-ring (bicyclic) bond motifs is 1. The van der Waals surface area contributed by atoms with Gasteiger partial charge in [0.25, 0.3) is 5.91 Å². The van der Waals surface area contributed by atoms with Gasteiger partial charge in [-0.3, -0.25) is 4.79 Å². The summed E-state index contributed by atoms with van der Waals surface area (Å²) in [5, 5.41) is 11.9. The van der Waals surface area contributed by atoms with Crippen LogP contribution in [0.2, 0.25) is 0 Å². The van der Waals surface area contributed by atoms with Gasteiger partial charge in [0.2, 0.25) is 0 Å². The molecule has 0 radical (unpaired) electrons. The van der Waals surface area contributed by atoms with Crippen LogP contribution in [0.3, 0.4) is 0 Å². The third-order valence-corrected chi connectivity index (χ3v) is 4.84. The Labute approximate surface area is 175 Å². The molecule has 0 spiro atoms. The molecular formula is C21H17BrN4O3. The van der Waals surface area contributed by atoms with E-state index in [-0.39, 0.29) is 5.91 Å². The van der Waals surface area contributed by atoms with Crippen molar-refractivity contribution < 1.29 is 14.3 Å². The number of halogens is 1. The molecule has 8 heteroatoms. The quantitative estimate of drug-likeness (QED) is 0.483. The summed E-state index contributed by atoms with van der Waals surface area (Å²) in [6, 6.07) is 18.1. The van der Waals surface area contributed by atoms with Crippen LogP contribution in [0, 0.1) is 0 Å². The van der Waals surface area contributed by atoms with Gasteiger partial charge in [-0.25, -0.2) is 0 Å². The molecule has 0 aliphatic heterocycles. The van der Waals surface area contributed by atoms with Gasteiger partial charge in [-0.05, 0) is 60.7 Å². The number of hydrogen-bond acceptors (Lipinski definition) is 5. The number of nitrogens with one attached hydrogen (secondary N) is 1. The monoisotopic (exact) mass is 452 g/mol. The SMILES string of the molecule is COc1ccc(-n2nc3ccc(NC(=O)c4cc(Br)ccc4OC)cc3n2)cc1. The number of anilines is 1. The lowest BCUT2D eigenvalue weighted by atomic mass is 10.2. The van der Waals surface area contributed by atoms with E-state index in [2.05, 4.69) is 31.4 Å². The average Bonchev–Trinajstić information content (AvgIpc) is 3.17. The number of aromatic nitrogens is 3. The molecule has 0 saturated heterocycles. The zero-order chi connectivity index (χ0) is 20.4. The maximum Gasteiger partial charge on any atom is 0.259 e. The summed E-state index contributed by atoms with van der Waals surface area (Å²) in [6.07, 6.45) is 0. The second kappa shape index (κ2) is 7.92. The van der Waals surface area contributed by atoms with E-state index in [9.17, 15) is 4.79 Å². The summed E-state index contributed by atoms with van der Waals surface area (Å²) in [6.45, 7) is 0. The van der Waals surface area contributed by atoms with Gasteiger partial charge in [-0.1, -0.05) is 15.9 Å². The Hall–Kier alpha value is -3.39. The number of benzene rings is 3. The largest absolute Gasteiger partial charge is 0.497 e. The standard InChI is InChI=1S/C21H17BrN4O3/c1-28-16-7-5-15(6-8-16)26-24-18-9-4-14(12-19(18)25-26)23-21(27)17-11-13(22)3-10-20(17)29-2/h3-12H,1-2H3,(H,23,27). The van der Waals surface area contributed by atoms with Crippen molar-refractivity contribution in [1.29, 1.82) is 0 Å². The van der Waals surface area contributed by atoms with Gasteiger partial charge in [-0.15, -0.1) is 10.2 Å². The highest BCUT2D eigenvalue weighted by Crippen LogP contribution is 2.25. The van der Waals surface area contributed by atoms with E-state index in [0.29, 0.717) is 22.5 Å². The van der Waals surface area contributed by atoms with E-state index in [0.717, 1.165) is 21.4 Å². The molecule has 1 aromatic heterocycles. The number of amides is 1. The smallest absolute Gasteiger partial charge is 0.259 e. The highest BCUT2D eigenvalue weighted by atomic mass is 79.9. The lowest BCUT2D eigenvalue weighted by Gasteiger charge is -2.09. The molecule has 146 valence electrons. The number of ether oxygens (including phenoxy) is 2. The fourth-order valence-corrected chi connectivity index (χ4v) is 3.24. The Balaban J connectivity index is 1.60. The minimum absolute atomic E-state index is 0.273. The number of nitrogens with zero attached hydrogens (tertiary/aromatic N) is 3. The summed E-state index contributed by atoms with van der Waals surface area (Å²) >= 11 is 3.38. The maximum atomic E-state index is 12.7. The highest BCUT2D eigenvalue weighted by Gasteiger charge is 2.14. The van der Waals surface area contributed by atoms with Crippen molar-refractivity contribution in [3.05, 3.63) is 70.7 Å². The van der Waals surface area contributed by atoms with E-state index in [1.54, 1.807) is 36.2 Å². The lowest BCUT2D eigenvalue weighted by molar-refractivity contribution is 0.102. The summed E-state index contributed by atoms with van der Waals surface area (Å²) in [4.78, 5) is 14.3. The van der Waals surface area contributed by atoms with Crippen LogP contribution in [0.25, 0.3) is 16.7 Å². The molecule has 1 heterocycles. The van der Waals surface area contributed by atoms with E-state index >= 15 is 0 Å². The minimum Gasteiger partial charge on any atom is -0.497 e. The molecule has 29 heavy (non-hydrogen) atoms. The Bertz CT molecular complexity index is 1190. The number of carbonyl (C=O) groups excluding carboxylic acids is 1. The summed E-state index contributed by atoms with van der Waals surface area (Å²) in [5.74, 6) is 0.987. The van der Waals surface area contributed by atoms with Gasteiger partial charge >= 0.3 is 0 Å². The number of carbonyl (C=O) groups is 1. The second-order valence-corrected chi connectivity index (χ2v) is 7.11. The van der Waals surface area contributed by atoms with Crippen LogP contribution in [-0.2, 0) is 0 Å². The van der Waals surface area contributed by atoms with Crippen LogP contribution in [-0.4, -0.2) is 35.1 Å². The molecule has 0 saturated carbocycles. The normalized spacial score (nSPS) is 10.7. The van der Waals surface area contributed by atoms with Gasteiger partial charge in [0.1, 0.15) is 22.5 Å². The van der Waals surface area contributed by atoms with Crippen LogP contribution in [0.4, 0.5) is 5.69 Å². The molecule has 0 aliphatic carbocycles. The molecule has 0 unspecified atom stereocenters. The third-order valence-electron chi connectivity index (χ3n) is 4.35. The highest BCUT2D eigenvalue weighted by molar-refractivity contribution is 9.10. The van der Waals surface area contributed by atoms with Crippen molar-refractivity contribution in [2.75, 3.05) is 19.5 Å².